The standard InChI is InChI=1S/C11H12ClNO5S/c12-7-1-3-9(4-2-7)19(17,18)13-6-8(14)5-10(13)11(15)16/h1-4,8,10,14H,5-6H2,(H,15,16)/t8-,10-/m0/s1. The molecule has 1 aliphatic rings. The quantitative estimate of drug-likeness (QED) is 0.850. The van der Waals surface area contributed by atoms with E-state index in [0.717, 1.165) is 4.31 Å². The molecule has 2 atom stereocenters. The number of hydrogen-bond donors (Lipinski definition) is 2. The number of nitrogens with zero attached hydrogens (tertiary/aromatic N) is 1. The van der Waals surface area contributed by atoms with Gasteiger partial charge in [0.2, 0.25) is 10.0 Å². The number of carbonyl (C=O) groups is 1. The zero-order valence-corrected chi connectivity index (χ0v) is 11.3. The van der Waals surface area contributed by atoms with E-state index in [9.17, 15) is 18.3 Å². The predicted octanol–water partition coefficient (Wildman–Crippen LogP) is 0.549. The minimum absolute atomic E-state index is 0.0442. The Balaban J connectivity index is 2.38. The molecular weight excluding hydrogens is 294 g/mol. The molecule has 1 saturated heterocycles. The molecule has 0 bridgehead atoms. The van der Waals surface area contributed by atoms with E-state index in [2.05, 4.69) is 0 Å². The minimum Gasteiger partial charge on any atom is -0.480 e. The fraction of sp³-hybridized carbons (Fsp3) is 0.364. The first kappa shape index (κ1) is 14.3. The second-order valence-corrected chi connectivity index (χ2v) is 6.60. The lowest BCUT2D eigenvalue weighted by Crippen LogP contribution is -2.40. The van der Waals surface area contributed by atoms with Crippen molar-refractivity contribution in [3.8, 4) is 0 Å². The third-order valence-electron chi connectivity index (χ3n) is 2.94. The lowest BCUT2D eigenvalue weighted by molar-refractivity contribution is -0.140. The Morgan fingerprint density at radius 3 is 2.42 bits per heavy atom. The second kappa shape index (κ2) is 5.09. The number of aliphatic hydroxyl groups excluding tert-OH is 1. The van der Waals surface area contributed by atoms with Crippen molar-refractivity contribution in [2.24, 2.45) is 0 Å². The maximum Gasteiger partial charge on any atom is 0.322 e. The van der Waals surface area contributed by atoms with Gasteiger partial charge in [-0.1, -0.05) is 11.6 Å². The van der Waals surface area contributed by atoms with Gasteiger partial charge in [-0.2, -0.15) is 4.31 Å². The number of halogens is 1. The van der Waals surface area contributed by atoms with E-state index >= 15 is 0 Å². The fourth-order valence-electron chi connectivity index (χ4n) is 2.02. The largest absolute Gasteiger partial charge is 0.480 e. The van der Waals surface area contributed by atoms with E-state index < -0.39 is 28.1 Å². The SMILES string of the molecule is O=C(O)[C@@H]1C[C@H](O)CN1S(=O)(=O)c1ccc(Cl)cc1. The molecule has 2 rings (SSSR count). The maximum atomic E-state index is 12.3. The van der Waals surface area contributed by atoms with E-state index in [4.69, 9.17) is 16.7 Å². The first-order valence-corrected chi connectivity index (χ1v) is 7.32. The topological polar surface area (TPSA) is 94.9 Å². The Bertz CT molecular complexity index is 586. The molecule has 1 aliphatic heterocycles. The molecule has 1 aromatic rings. The highest BCUT2D eigenvalue weighted by Crippen LogP contribution is 2.27. The molecule has 0 aliphatic carbocycles. The van der Waals surface area contributed by atoms with Gasteiger partial charge in [-0.15, -0.1) is 0 Å². The van der Waals surface area contributed by atoms with Gasteiger partial charge < -0.3 is 10.2 Å². The lowest BCUT2D eigenvalue weighted by Gasteiger charge is -2.20. The minimum atomic E-state index is -3.95. The van der Waals surface area contributed by atoms with Crippen LogP contribution in [0.1, 0.15) is 6.42 Å². The van der Waals surface area contributed by atoms with Crippen molar-refractivity contribution >= 4 is 27.6 Å². The number of β-amino-alcohol motifs (C(OH)–C–C–N with tert-alkyl or cyclic N) is 1. The average molecular weight is 306 g/mol. The molecule has 0 amide bonds. The van der Waals surface area contributed by atoms with E-state index in [0.29, 0.717) is 5.02 Å². The van der Waals surface area contributed by atoms with Crippen LogP contribution < -0.4 is 0 Å². The molecule has 19 heavy (non-hydrogen) atoms. The highest BCUT2D eigenvalue weighted by Gasteiger charge is 2.43. The summed E-state index contributed by atoms with van der Waals surface area (Å²) in [5.41, 5.74) is 0. The molecule has 1 fully saturated rings. The van der Waals surface area contributed by atoms with Gasteiger partial charge in [0, 0.05) is 18.0 Å². The van der Waals surface area contributed by atoms with Crippen molar-refractivity contribution < 1.29 is 23.4 Å². The summed E-state index contributed by atoms with van der Waals surface area (Å²) < 4.78 is 25.4. The molecule has 0 saturated carbocycles. The fourth-order valence-corrected chi connectivity index (χ4v) is 3.77. The van der Waals surface area contributed by atoms with Gasteiger partial charge >= 0.3 is 5.97 Å². The zero-order valence-electron chi connectivity index (χ0n) is 9.73. The molecule has 1 heterocycles. The Hall–Kier alpha value is -1.15. The Kier molecular flexibility index (Phi) is 3.82. The molecule has 0 radical (unpaired) electrons. The Morgan fingerprint density at radius 1 is 1.32 bits per heavy atom. The molecule has 8 heteroatoms. The van der Waals surface area contributed by atoms with Crippen LogP contribution in [-0.4, -0.2) is 47.6 Å². The van der Waals surface area contributed by atoms with Crippen LogP contribution in [0.4, 0.5) is 0 Å². The van der Waals surface area contributed by atoms with Crippen molar-refractivity contribution in [3.05, 3.63) is 29.3 Å². The van der Waals surface area contributed by atoms with Gasteiger partial charge in [0.1, 0.15) is 6.04 Å². The summed E-state index contributed by atoms with van der Waals surface area (Å²) in [5, 5.41) is 18.9. The molecule has 104 valence electrons. The summed E-state index contributed by atoms with van der Waals surface area (Å²) in [4.78, 5) is 11.0. The summed E-state index contributed by atoms with van der Waals surface area (Å²) in [6, 6.07) is 4.20. The van der Waals surface area contributed by atoms with Gasteiger partial charge in [-0.05, 0) is 24.3 Å². The van der Waals surface area contributed by atoms with E-state index in [-0.39, 0.29) is 17.9 Å². The smallest absolute Gasteiger partial charge is 0.322 e. The van der Waals surface area contributed by atoms with Crippen LogP contribution >= 0.6 is 11.6 Å². The number of carboxylic acids is 1. The molecule has 0 spiro atoms. The predicted molar refractivity (Wildman–Crippen MR) is 67.4 cm³/mol. The summed E-state index contributed by atoms with van der Waals surface area (Å²) >= 11 is 5.68. The van der Waals surface area contributed by atoms with Gasteiger partial charge in [-0.3, -0.25) is 4.79 Å². The van der Waals surface area contributed by atoms with Crippen molar-refractivity contribution in [2.45, 2.75) is 23.5 Å². The molecule has 6 nitrogen and oxygen atoms in total. The Morgan fingerprint density at radius 2 is 1.89 bits per heavy atom. The normalized spacial score (nSPS) is 24.5. The van der Waals surface area contributed by atoms with Crippen LogP contribution in [-0.2, 0) is 14.8 Å². The summed E-state index contributed by atoms with van der Waals surface area (Å²) in [5.74, 6) is -1.27. The number of carboxylic acid groups (broad SMARTS) is 1. The molecule has 1 aromatic carbocycles. The summed E-state index contributed by atoms with van der Waals surface area (Å²) in [7, 11) is -3.95. The van der Waals surface area contributed by atoms with Crippen LogP contribution in [0.15, 0.2) is 29.2 Å². The molecule has 0 aromatic heterocycles. The van der Waals surface area contributed by atoms with Crippen LogP contribution in [0.3, 0.4) is 0 Å². The van der Waals surface area contributed by atoms with Gasteiger partial charge in [-0.25, -0.2) is 8.42 Å². The number of hydrogen-bond acceptors (Lipinski definition) is 4. The Labute approximate surface area is 115 Å². The highest BCUT2D eigenvalue weighted by atomic mass is 35.5. The number of sulfonamides is 1. The first-order chi connectivity index (χ1) is 8.82. The number of rotatable bonds is 3. The van der Waals surface area contributed by atoms with Gasteiger partial charge in [0.15, 0.2) is 0 Å². The molecule has 0 unspecified atom stereocenters. The highest BCUT2D eigenvalue weighted by molar-refractivity contribution is 7.89. The van der Waals surface area contributed by atoms with Crippen molar-refractivity contribution in [1.29, 1.82) is 0 Å². The lowest BCUT2D eigenvalue weighted by atomic mass is 10.2. The van der Waals surface area contributed by atoms with Crippen molar-refractivity contribution in [3.63, 3.8) is 0 Å². The molecular formula is C11H12ClNO5S. The third kappa shape index (κ3) is 2.74. The average Bonchev–Trinajstić information content (AvgIpc) is 2.73. The van der Waals surface area contributed by atoms with Crippen LogP contribution in [0.25, 0.3) is 0 Å². The molecule has 2 N–H and O–H groups in total. The zero-order chi connectivity index (χ0) is 14.2. The second-order valence-electron chi connectivity index (χ2n) is 4.27. The summed E-state index contributed by atoms with van der Waals surface area (Å²) in [6.45, 7) is -0.220. The van der Waals surface area contributed by atoms with Crippen molar-refractivity contribution in [1.82, 2.24) is 4.31 Å². The van der Waals surface area contributed by atoms with Gasteiger partial charge in [0.05, 0.1) is 11.0 Å². The number of benzene rings is 1. The number of aliphatic carboxylic acids is 1. The van der Waals surface area contributed by atoms with E-state index in [1.165, 1.54) is 24.3 Å². The van der Waals surface area contributed by atoms with Crippen LogP contribution in [0, 0.1) is 0 Å². The monoisotopic (exact) mass is 305 g/mol. The summed E-state index contributed by atoms with van der Waals surface area (Å²) in [6.07, 6.45) is -1.08. The van der Waals surface area contributed by atoms with Crippen LogP contribution in [0.2, 0.25) is 5.02 Å². The van der Waals surface area contributed by atoms with Crippen LogP contribution in [0.5, 0.6) is 0 Å². The van der Waals surface area contributed by atoms with Crippen molar-refractivity contribution in [2.75, 3.05) is 6.54 Å². The van der Waals surface area contributed by atoms with Gasteiger partial charge in [0.25, 0.3) is 0 Å². The van der Waals surface area contributed by atoms with E-state index in [1.807, 2.05) is 0 Å². The van der Waals surface area contributed by atoms with E-state index in [1.54, 1.807) is 0 Å². The maximum absolute atomic E-state index is 12.3. The first-order valence-electron chi connectivity index (χ1n) is 5.50. The number of aliphatic hydroxyl groups is 1. The third-order valence-corrected chi connectivity index (χ3v) is 5.08.